The van der Waals surface area contributed by atoms with Crippen molar-refractivity contribution in [2.45, 2.75) is 45.7 Å². The molecule has 1 aromatic rings. The van der Waals surface area contributed by atoms with Crippen LogP contribution in [0.4, 0.5) is 0 Å². The lowest BCUT2D eigenvalue weighted by Gasteiger charge is -2.12. The molecule has 0 saturated heterocycles. The van der Waals surface area contributed by atoms with Gasteiger partial charge < -0.3 is 10.4 Å². The Balaban J connectivity index is 1.86. The van der Waals surface area contributed by atoms with Gasteiger partial charge in [0.15, 0.2) is 0 Å². The van der Waals surface area contributed by atoms with Crippen molar-refractivity contribution in [3.63, 3.8) is 0 Å². The highest BCUT2D eigenvalue weighted by molar-refractivity contribution is 7.14. The summed E-state index contributed by atoms with van der Waals surface area (Å²) in [6.07, 6.45) is 4.01. The number of carboxylic acids is 1. The van der Waals surface area contributed by atoms with Crippen LogP contribution in [0, 0.1) is 12.8 Å². The van der Waals surface area contributed by atoms with E-state index in [1.165, 1.54) is 30.6 Å². The van der Waals surface area contributed by atoms with E-state index in [2.05, 4.69) is 12.2 Å². The van der Waals surface area contributed by atoms with E-state index in [9.17, 15) is 4.79 Å². The van der Waals surface area contributed by atoms with E-state index in [0.717, 1.165) is 22.9 Å². The van der Waals surface area contributed by atoms with Crippen LogP contribution in [0.2, 0.25) is 0 Å². The lowest BCUT2D eigenvalue weighted by Crippen LogP contribution is -2.25. The summed E-state index contributed by atoms with van der Waals surface area (Å²) in [5.74, 6) is 0.103. The Morgan fingerprint density at radius 1 is 1.65 bits per heavy atom. The summed E-state index contributed by atoms with van der Waals surface area (Å²) >= 11 is 1.36. The quantitative estimate of drug-likeness (QED) is 0.819. The van der Waals surface area contributed by atoms with Crippen molar-refractivity contribution in [2.75, 3.05) is 0 Å². The SMILES string of the molecule is Cc1sc(C(=O)O)cc1CNC(C)CC1CC1. The Bertz CT molecular complexity index is 410. The lowest BCUT2D eigenvalue weighted by atomic mass is 10.1. The molecule has 0 bridgehead atoms. The molecule has 1 heterocycles. The van der Waals surface area contributed by atoms with Crippen molar-refractivity contribution >= 4 is 17.3 Å². The number of carbonyl (C=O) groups is 1. The highest BCUT2D eigenvalue weighted by Crippen LogP contribution is 2.33. The van der Waals surface area contributed by atoms with Crippen molar-refractivity contribution in [2.24, 2.45) is 5.92 Å². The number of aromatic carboxylic acids is 1. The van der Waals surface area contributed by atoms with Gasteiger partial charge in [-0.15, -0.1) is 11.3 Å². The normalized spacial score (nSPS) is 17.1. The molecule has 1 aliphatic rings. The number of thiophene rings is 1. The van der Waals surface area contributed by atoms with Crippen LogP contribution in [0.5, 0.6) is 0 Å². The van der Waals surface area contributed by atoms with E-state index in [1.807, 2.05) is 6.92 Å². The molecule has 1 fully saturated rings. The highest BCUT2D eigenvalue weighted by atomic mass is 32.1. The van der Waals surface area contributed by atoms with Crippen LogP contribution in [0.1, 0.15) is 46.3 Å². The van der Waals surface area contributed by atoms with Crippen molar-refractivity contribution in [1.82, 2.24) is 5.32 Å². The van der Waals surface area contributed by atoms with Crippen molar-refractivity contribution in [3.8, 4) is 0 Å². The van der Waals surface area contributed by atoms with E-state index in [1.54, 1.807) is 6.07 Å². The van der Waals surface area contributed by atoms with E-state index in [0.29, 0.717) is 10.9 Å². The van der Waals surface area contributed by atoms with Gasteiger partial charge >= 0.3 is 5.97 Å². The minimum Gasteiger partial charge on any atom is -0.477 e. The fraction of sp³-hybridized carbons (Fsp3) is 0.615. The first kappa shape index (κ1) is 12.6. The number of hydrogen-bond donors (Lipinski definition) is 2. The molecule has 0 aromatic carbocycles. The molecule has 1 saturated carbocycles. The van der Waals surface area contributed by atoms with Crippen LogP contribution < -0.4 is 5.32 Å². The Morgan fingerprint density at radius 2 is 2.35 bits per heavy atom. The molecule has 4 heteroatoms. The molecule has 1 aliphatic carbocycles. The molecule has 1 unspecified atom stereocenters. The van der Waals surface area contributed by atoms with Gasteiger partial charge in [0.25, 0.3) is 0 Å². The zero-order valence-corrected chi connectivity index (χ0v) is 11.1. The third kappa shape index (κ3) is 3.54. The second kappa shape index (κ2) is 5.19. The maximum absolute atomic E-state index is 10.8. The fourth-order valence-electron chi connectivity index (χ4n) is 2.02. The van der Waals surface area contributed by atoms with Crippen LogP contribution in [-0.2, 0) is 6.54 Å². The summed E-state index contributed by atoms with van der Waals surface area (Å²) in [4.78, 5) is 12.4. The van der Waals surface area contributed by atoms with Crippen LogP contribution in [0.25, 0.3) is 0 Å². The second-order valence-electron chi connectivity index (χ2n) is 4.96. The summed E-state index contributed by atoms with van der Waals surface area (Å²) in [7, 11) is 0. The van der Waals surface area contributed by atoms with Gasteiger partial charge in [-0.25, -0.2) is 4.79 Å². The molecule has 2 rings (SSSR count). The van der Waals surface area contributed by atoms with Gasteiger partial charge in [-0.3, -0.25) is 0 Å². The van der Waals surface area contributed by atoms with Gasteiger partial charge in [0, 0.05) is 17.5 Å². The predicted molar refractivity (Wildman–Crippen MR) is 69.7 cm³/mol. The van der Waals surface area contributed by atoms with Crippen LogP contribution in [-0.4, -0.2) is 17.1 Å². The topological polar surface area (TPSA) is 49.3 Å². The van der Waals surface area contributed by atoms with Gasteiger partial charge in [-0.2, -0.15) is 0 Å². The van der Waals surface area contributed by atoms with E-state index in [-0.39, 0.29) is 0 Å². The number of aryl methyl sites for hydroxylation is 1. The molecule has 3 nitrogen and oxygen atoms in total. The highest BCUT2D eigenvalue weighted by Gasteiger charge is 2.23. The Morgan fingerprint density at radius 3 is 2.88 bits per heavy atom. The first-order valence-electron chi connectivity index (χ1n) is 6.12. The van der Waals surface area contributed by atoms with E-state index in [4.69, 9.17) is 5.11 Å². The van der Waals surface area contributed by atoms with Crippen molar-refractivity contribution < 1.29 is 9.90 Å². The molecule has 17 heavy (non-hydrogen) atoms. The van der Waals surface area contributed by atoms with Gasteiger partial charge in [0.1, 0.15) is 4.88 Å². The van der Waals surface area contributed by atoms with Gasteiger partial charge in [0.2, 0.25) is 0 Å². The van der Waals surface area contributed by atoms with Crippen molar-refractivity contribution in [1.29, 1.82) is 0 Å². The monoisotopic (exact) mass is 253 g/mol. The minimum absolute atomic E-state index is 0.439. The Kier molecular flexibility index (Phi) is 3.84. The number of nitrogens with one attached hydrogen (secondary N) is 1. The van der Waals surface area contributed by atoms with E-state index >= 15 is 0 Å². The summed E-state index contributed by atoms with van der Waals surface area (Å²) in [5.41, 5.74) is 1.12. The summed E-state index contributed by atoms with van der Waals surface area (Å²) in [6.45, 7) is 4.97. The van der Waals surface area contributed by atoms with Gasteiger partial charge in [0.05, 0.1) is 0 Å². The second-order valence-corrected chi connectivity index (χ2v) is 6.21. The largest absolute Gasteiger partial charge is 0.477 e. The number of rotatable bonds is 6. The van der Waals surface area contributed by atoms with Gasteiger partial charge in [-0.05, 0) is 37.8 Å². The lowest BCUT2D eigenvalue weighted by molar-refractivity contribution is 0.0702. The van der Waals surface area contributed by atoms with E-state index < -0.39 is 5.97 Å². The molecular weight excluding hydrogens is 234 g/mol. The smallest absolute Gasteiger partial charge is 0.345 e. The van der Waals surface area contributed by atoms with Crippen LogP contribution in [0.15, 0.2) is 6.07 Å². The Labute approximate surface area is 106 Å². The molecule has 2 N–H and O–H groups in total. The standard InChI is InChI=1S/C13H19NO2S/c1-8(5-10-3-4-10)14-7-11-6-12(13(15)16)17-9(11)2/h6,8,10,14H,3-5,7H2,1-2H3,(H,15,16). The third-order valence-corrected chi connectivity index (χ3v) is 4.34. The van der Waals surface area contributed by atoms with Crippen molar-refractivity contribution in [3.05, 3.63) is 21.4 Å². The first-order valence-corrected chi connectivity index (χ1v) is 6.94. The predicted octanol–water partition coefficient (Wildman–Crippen LogP) is 3.03. The minimum atomic E-state index is -0.824. The number of hydrogen-bond acceptors (Lipinski definition) is 3. The summed E-state index contributed by atoms with van der Waals surface area (Å²) in [6, 6.07) is 2.31. The summed E-state index contributed by atoms with van der Waals surface area (Å²) in [5, 5.41) is 12.4. The average molecular weight is 253 g/mol. The average Bonchev–Trinajstić information content (AvgIpc) is 2.98. The molecule has 0 aliphatic heterocycles. The van der Waals surface area contributed by atoms with Gasteiger partial charge in [-0.1, -0.05) is 12.8 Å². The molecule has 1 atom stereocenters. The summed E-state index contributed by atoms with van der Waals surface area (Å²) < 4.78 is 0. The Hall–Kier alpha value is -0.870. The molecular formula is C13H19NO2S. The third-order valence-electron chi connectivity index (χ3n) is 3.26. The molecule has 0 radical (unpaired) electrons. The maximum Gasteiger partial charge on any atom is 0.345 e. The van der Waals surface area contributed by atoms with Crippen LogP contribution >= 0.6 is 11.3 Å². The van der Waals surface area contributed by atoms with Crippen LogP contribution in [0.3, 0.4) is 0 Å². The maximum atomic E-state index is 10.8. The zero-order valence-electron chi connectivity index (χ0n) is 10.3. The molecule has 0 spiro atoms. The molecule has 94 valence electrons. The zero-order chi connectivity index (χ0) is 12.4. The number of carboxylic acid groups (broad SMARTS) is 1. The fourth-order valence-corrected chi connectivity index (χ4v) is 2.90. The molecule has 1 aromatic heterocycles. The first-order chi connectivity index (χ1) is 8.06. The molecule has 0 amide bonds.